The molecule has 12 heteroatoms. The smallest absolute Gasteiger partial charge is 0.338 e. The van der Waals surface area contributed by atoms with Crippen LogP contribution in [0.25, 0.3) is 0 Å². The van der Waals surface area contributed by atoms with Gasteiger partial charge in [-0.3, -0.25) is 0 Å². The van der Waals surface area contributed by atoms with Crippen molar-refractivity contribution in [3.8, 4) is 35.3 Å². The van der Waals surface area contributed by atoms with Crippen molar-refractivity contribution in [3.63, 3.8) is 0 Å². The number of hydrogen-bond donors (Lipinski definition) is 0. The van der Waals surface area contributed by atoms with Crippen LogP contribution in [-0.4, -0.2) is 52.7 Å². The van der Waals surface area contributed by atoms with Gasteiger partial charge in [-0.15, -0.1) is 15.0 Å². The van der Waals surface area contributed by atoms with Crippen LogP contribution < -0.4 is 14.2 Å². The third kappa shape index (κ3) is 18.2. The van der Waals surface area contributed by atoms with E-state index in [9.17, 15) is 14.4 Å². The molecule has 0 saturated heterocycles. The van der Waals surface area contributed by atoms with Gasteiger partial charge in [-0.05, 0) is 92.1 Å². The first kappa shape index (κ1) is 47.2. The molecule has 1 aromatic heterocycles. The van der Waals surface area contributed by atoms with E-state index in [1.807, 2.05) is 0 Å². The predicted molar refractivity (Wildman–Crippen MR) is 230 cm³/mol. The normalized spacial score (nSPS) is 10.8. The van der Waals surface area contributed by atoms with Crippen LogP contribution in [0.4, 0.5) is 0 Å². The maximum atomic E-state index is 12.6. The summed E-state index contributed by atoms with van der Waals surface area (Å²) in [5, 5.41) is 0. The highest BCUT2D eigenvalue weighted by Crippen LogP contribution is 2.28. The molecule has 0 spiro atoms. The van der Waals surface area contributed by atoms with E-state index in [1.165, 1.54) is 57.8 Å². The van der Waals surface area contributed by atoms with Gasteiger partial charge in [0, 0.05) is 0 Å². The lowest BCUT2D eigenvalue weighted by Gasteiger charge is -2.11. The number of rotatable bonds is 30. The Kier molecular flexibility index (Phi) is 22.0. The minimum absolute atomic E-state index is 0.141. The Balaban J connectivity index is 1.40. The Morgan fingerprint density at radius 3 is 0.833 bits per heavy atom. The average Bonchev–Trinajstić information content (AvgIpc) is 3.26. The highest BCUT2D eigenvalue weighted by Gasteiger charge is 2.16. The van der Waals surface area contributed by atoms with Crippen molar-refractivity contribution in [2.75, 3.05) is 19.8 Å². The molecule has 0 aliphatic heterocycles. The number of nitrogens with zero attached hydrogens (tertiary/aromatic N) is 3. The largest absolute Gasteiger partial charge is 0.462 e. The van der Waals surface area contributed by atoms with Crippen molar-refractivity contribution in [1.82, 2.24) is 15.0 Å². The number of esters is 3. The number of unbranched alkanes of at least 4 members (excludes halogenated alkanes) is 15. The number of hydrogen-bond acceptors (Lipinski definition) is 12. The van der Waals surface area contributed by atoms with E-state index in [-0.39, 0.29) is 18.0 Å². The van der Waals surface area contributed by atoms with Crippen molar-refractivity contribution < 1.29 is 42.8 Å². The van der Waals surface area contributed by atoms with Gasteiger partial charge in [-0.2, -0.15) is 0 Å². The summed E-state index contributed by atoms with van der Waals surface area (Å²) in [5.74, 6) is -0.183. The summed E-state index contributed by atoms with van der Waals surface area (Å²) >= 11 is 0. The van der Waals surface area contributed by atoms with Gasteiger partial charge in [-0.1, -0.05) is 117 Å². The van der Waals surface area contributed by atoms with Crippen LogP contribution in [0.15, 0.2) is 72.8 Å². The molecule has 0 amide bonds. The predicted octanol–water partition coefficient (Wildman–Crippen LogP) is 12.8. The third-order valence-electron chi connectivity index (χ3n) is 9.66. The Hall–Kier alpha value is -5.52. The Morgan fingerprint density at radius 1 is 0.350 bits per heavy atom. The van der Waals surface area contributed by atoms with Gasteiger partial charge in [0.15, 0.2) is 0 Å². The van der Waals surface area contributed by atoms with E-state index >= 15 is 0 Å². The topological polar surface area (TPSA) is 145 Å². The minimum atomic E-state index is -0.407. The lowest BCUT2D eigenvalue weighted by atomic mass is 10.1. The van der Waals surface area contributed by atoms with Crippen molar-refractivity contribution >= 4 is 17.9 Å². The fourth-order valence-electron chi connectivity index (χ4n) is 6.14. The standard InChI is InChI=1S/C48H63N3O9/c1-4-7-10-13-16-19-34-55-43(52)37-22-28-40(29-23-37)58-46-49-47(59-41-30-24-38(25-31-41)44(53)56-35-20-17-14-11-8-5-2)51-48(50-46)60-42-32-26-39(27-33-42)45(54)57-36-21-18-15-12-9-6-3/h22-33H,4-21,34-36H2,1-3H3. The van der Waals surface area contributed by atoms with E-state index in [0.717, 1.165) is 57.8 Å². The quantitative estimate of drug-likeness (QED) is 0.0280. The minimum Gasteiger partial charge on any atom is -0.462 e. The van der Waals surface area contributed by atoms with Crippen LogP contribution in [0.1, 0.15) is 167 Å². The molecule has 12 nitrogen and oxygen atoms in total. The fraction of sp³-hybridized carbons (Fsp3) is 0.500. The SMILES string of the molecule is CCCCCCCCOC(=O)c1ccc(Oc2nc(Oc3ccc(C(=O)OCCCCCCCC)cc3)nc(Oc3ccc(C(=O)OCCCCCCCC)cc3)n2)cc1. The molecule has 324 valence electrons. The Labute approximate surface area is 355 Å². The van der Waals surface area contributed by atoms with Crippen LogP contribution >= 0.6 is 0 Å². The summed E-state index contributed by atoms with van der Waals surface area (Å²) < 4.78 is 34.3. The van der Waals surface area contributed by atoms with E-state index in [4.69, 9.17) is 28.4 Å². The first-order valence-electron chi connectivity index (χ1n) is 22.0. The molecule has 0 bridgehead atoms. The van der Waals surface area contributed by atoms with E-state index < -0.39 is 17.9 Å². The van der Waals surface area contributed by atoms with Gasteiger partial charge in [0.25, 0.3) is 0 Å². The third-order valence-corrected chi connectivity index (χ3v) is 9.66. The number of aromatic nitrogens is 3. The van der Waals surface area contributed by atoms with Gasteiger partial charge in [0.1, 0.15) is 17.2 Å². The molecule has 3 aromatic carbocycles. The van der Waals surface area contributed by atoms with Gasteiger partial charge in [-0.25, -0.2) is 14.4 Å². The highest BCUT2D eigenvalue weighted by molar-refractivity contribution is 5.90. The molecule has 0 N–H and O–H groups in total. The first-order chi connectivity index (χ1) is 29.4. The first-order valence-corrected chi connectivity index (χ1v) is 22.0. The zero-order valence-electron chi connectivity index (χ0n) is 35.8. The molecule has 0 radical (unpaired) electrons. The van der Waals surface area contributed by atoms with Crippen LogP contribution in [0.3, 0.4) is 0 Å². The second kappa shape index (κ2) is 28.0. The summed E-state index contributed by atoms with van der Waals surface area (Å²) in [6.07, 6.45) is 19.8. The van der Waals surface area contributed by atoms with E-state index in [1.54, 1.807) is 72.8 Å². The summed E-state index contributed by atoms with van der Waals surface area (Å²) in [5.41, 5.74) is 1.17. The molecule has 0 atom stereocenters. The lowest BCUT2D eigenvalue weighted by molar-refractivity contribution is 0.0488. The van der Waals surface area contributed by atoms with Gasteiger partial charge >= 0.3 is 35.9 Å². The van der Waals surface area contributed by atoms with Crippen LogP contribution in [0.2, 0.25) is 0 Å². The molecule has 0 aliphatic carbocycles. The van der Waals surface area contributed by atoms with Gasteiger partial charge in [0.05, 0.1) is 36.5 Å². The van der Waals surface area contributed by atoms with Crippen LogP contribution in [0, 0.1) is 0 Å². The number of carbonyl (C=O) groups is 3. The molecule has 0 aliphatic rings. The Bertz CT molecular complexity index is 1610. The second-order valence-electron chi connectivity index (χ2n) is 14.8. The van der Waals surface area contributed by atoms with Gasteiger partial charge in [0.2, 0.25) is 0 Å². The molecule has 4 aromatic rings. The second-order valence-corrected chi connectivity index (χ2v) is 14.8. The maximum absolute atomic E-state index is 12.6. The molecule has 0 unspecified atom stereocenters. The average molecular weight is 826 g/mol. The van der Waals surface area contributed by atoms with Crippen LogP contribution in [0.5, 0.6) is 35.3 Å². The maximum Gasteiger partial charge on any atom is 0.338 e. The van der Waals surface area contributed by atoms with Crippen molar-refractivity contribution in [2.45, 2.75) is 136 Å². The summed E-state index contributed by atoms with van der Waals surface area (Å²) in [4.78, 5) is 50.9. The zero-order chi connectivity index (χ0) is 42.6. The van der Waals surface area contributed by atoms with Crippen molar-refractivity contribution in [1.29, 1.82) is 0 Å². The molecular weight excluding hydrogens is 763 g/mol. The molecular formula is C48H63N3O9. The summed E-state index contributed by atoms with van der Waals surface area (Å²) in [6, 6.07) is 18.9. The molecule has 1 heterocycles. The number of carbonyl (C=O) groups excluding carboxylic acids is 3. The molecule has 4 rings (SSSR count). The van der Waals surface area contributed by atoms with Crippen molar-refractivity contribution in [3.05, 3.63) is 89.5 Å². The number of benzene rings is 3. The Morgan fingerprint density at radius 2 is 0.583 bits per heavy atom. The fourth-order valence-corrected chi connectivity index (χ4v) is 6.14. The summed E-state index contributed by atoms with van der Waals surface area (Å²) in [6.45, 7) is 7.66. The van der Waals surface area contributed by atoms with Gasteiger partial charge < -0.3 is 28.4 Å². The van der Waals surface area contributed by atoms with E-state index in [0.29, 0.717) is 53.8 Å². The van der Waals surface area contributed by atoms with Crippen molar-refractivity contribution in [2.24, 2.45) is 0 Å². The van der Waals surface area contributed by atoms with Crippen LogP contribution in [-0.2, 0) is 14.2 Å². The summed E-state index contributed by atoms with van der Waals surface area (Å²) in [7, 11) is 0. The molecule has 0 fully saturated rings. The molecule has 0 saturated carbocycles. The zero-order valence-corrected chi connectivity index (χ0v) is 35.8. The highest BCUT2D eigenvalue weighted by atomic mass is 16.5. The molecule has 60 heavy (non-hydrogen) atoms. The monoisotopic (exact) mass is 825 g/mol. The van der Waals surface area contributed by atoms with E-state index in [2.05, 4.69) is 35.7 Å². The lowest BCUT2D eigenvalue weighted by Crippen LogP contribution is -2.07. The number of ether oxygens (including phenoxy) is 6.